The number of aliphatic hydroxyl groups excluding tert-OH is 1. The Hall–Kier alpha value is -0.610. The van der Waals surface area contributed by atoms with E-state index in [1.54, 1.807) is 0 Å². The second kappa shape index (κ2) is 5.41. The molecule has 1 saturated heterocycles. The van der Waals surface area contributed by atoms with Crippen LogP contribution in [-0.2, 0) is 4.79 Å². The third kappa shape index (κ3) is 2.52. The lowest BCUT2D eigenvalue weighted by molar-refractivity contribution is -0.124. The maximum atomic E-state index is 12.3. The largest absolute Gasteiger partial charge is 0.396 e. The summed E-state index contributed by atoms with van der Waals surface area (Å²) in [6.45, 7) is 1.86. The lowest BCUT2D eigenvalue weighted by Gasteiger charge is -2.28. The molecule has 3 aliphatic rings. The molecule has 0 aromatic rings. The fourth-order valence-corrected chi connectivity index (χ4v) is 4.38. The Morgan fingerprint density at radius 3 is 2.79 bits per heavy atom. The summed E-state index contributed by atoms with van der Waals surface area (Å²) in [4.78, 5) is 12.3. The van der Waals surface area contributed by atoms with Crippen LogP contribution in [0.1, 0.15) is 44.9 Å². The second-order valence-corrected chi connectivity index (χ2v) is 6.82. The van der Waals surface area contributed by atoms with Crippen LogP contribution >= 0.6 is 0 Å². The monoisotopic (exact) mass is 266 g/mol. The lowest BCUT2D eigenvalue weighted by atomic mass is 9.87. The molecule has 108 valence electrons. The van der Waals surface area contributed by atoms with Crippen molar-refractivity contribution in [3.05, 3.63) is 0 Å². The molecule has 2 aliphatic carbocycles. The van der Waals surface area contributed by atoms with Gasteiger partial charge in [-0.15, -0.1) is 0 Å². The molecule has 3 N–H and O–H groups in total. The number of amides is 1. The number of aliphatic hydroxyl groups is 1. The molecule has 3 atom stereocenters. The molecule has 0 aromatic carbocycles. The first-order valence-corrected chi connectivity index (χ1v) is 7.86. The van der Waals surface area contributed by atoms with Crippen molar-refractivity contribution in [1.82, 2.24) is 10.6 Å². The predicted molar refractivity (Wildman–Crippen MR) is 73.6 cm³/mol. The fourth-order valence-electron chi connectivity index (χ4n) is 4.38. The van der Waals surface area contributed by atoms with E-state index in [9.17, 15) is 9.90 Å². The van der Waals surface area contributed by atoms with Crippen LogP contribution in [0.2, 0.25) is 0 Å². The van der Waals surface area contributed by atoms with Gasteiger partial charge in [-0.05, 0) is 44.1 Å². The summed E-state index contributed by atoms with van der Waals surface area (Å²) in [5, 5.41) is 16.1. The maximum absolute atomic E-state index is 12.3. The lowest BCUT2D eigenvalue weighted by Crippen LogP contribution is -2.47. The van der Waals surface area contributed by atoms with Crippen LogP contribution in [0.4, 0.5) is 0 Å². The highest BCUT2D eigenvalue weighted by Crippen LogP contribution is 2.39. The van der Waals surface area contributed by atoms with E-state index in [1.165, 1.54) is 32.1 Å². The zero-order valence-corrected chi connectivity index (χ0v) is 11.7. The van der Waals surface area contributed by atoms with Gasteiger partial charge < -0.3 is 15.7 Å². The smallest absolute Gasteiger partial charge is 0.237 e. The highest BCUT2D eigenvalue weighted by Gasteiger charge is 2.43. The van der Waals surface area contributed by atoms with E-state index in [1.807, 2.05) is 0 Å². The molecule has 0 bridgehead atoms. The maximum Gasteiger partial charge on any atom is 0.237 e. The van der Waals surface area contributed by atoms with Gasteiger partial charge in [0.15, 0.2) is 0 Å². The Bertz CT molecular complexity index is 339. The number of hydrogen-bond acceptors (Lipinski definition) is 3. The van der Waals surface area contributed by atoms with Gasteiger partial charge in [0, 0.05) is 12.0 Å². The summed E-state index contributed by atoms with van der Waals surface area (Å²) in [6.07, 6.45) is 8.22. The topological polar surface area (TPSA) is 61.4 Å². The Morgan fingerprint density at radius 2 is 2.05 bits per heavy atom. The number of fused-ring (bicyclic) bond motifs is 1. The first-order valence-electron chi connectivity index (χ1n) is 7.86. The molecule has 3 rings (SSSR count). The van der Waals surface area contributed by atoms with Crippen molar-refractivity contribution in [3.63, 3.8) is 0 Å². The minimum absolute atomic E-state index is 0.0182. The molecule has 0 radical (unpaired) electrons. The zero-order chi connectivity index (χ0) is 13.3. The molecular formula is C15H26N2O2. The van der Waals surface area contributed by atoms with Crippen molar-refractivity contribution in [2.45, 2.75) is 51.0 Å². The van der Waals surface area contributed by atoms with Crippen molar-refractivity contribution in [2.24, 2.45) is 17.3 Å². The molecule has 3 unspecified atom stereocenters. The van der Waals surface area contributed by atoms with E-state index in [2.05, 4.69) is 10.6 Å². The van der Waals surface area contributed by atoms with Crippen molar-refractivity contribution in [1.29, 1.82) is 0 Å². The van der Waals surface area contributed by atoms with Crippen molar-refractivity contribution < 1.29 is 9.90 Å². The summed E-state index contributed by atoms with van der Waals surface area (Å²) in [7, 11) is 0. The third-order valence-corrected chi connectivity index (χ3v) is 5.67. The van der Waals surface area contributed by atoms with Gasteiger partial charge in [0.2, 0.25) is 5.91 Å². The zero-order valence-electron chi connectivity index (χ0n) is 11.7. The fraction of sp³-hybridized carbons (Fsp3) is 0.933. The van der Waals surface area contributed by atoms with Gasteiger partial charge in [0.05, 0.1) is 12.6 Å². The van der Waals surface area contributed by atoms with Gasteiger partial charge in [0.25, 0.3) is 0 Å². The van der Waals surface area contributed by atoms with Crippen molar-refractivity contribution >= 4 is 5.91 Å². The Labute approximate surface area is 115 Å². The molecule has 19 heavy (non-hydrogen) atoms. The summed E-state index contributed by atoms with van der Waals surface area (Å²) in [5.41, 5.74) is -0.0384. The highest BCUT2D eigenvalue weighted by molar-refractivity contribution is 5.82. The predicted octanol–water partition coefficient (Wildman–Crippen LogP) is 1.04. The van der Waals surface area contributed by atoms with Gasteiger partial charge >= 0.3 is 0 Å². The quantitative estimate of drug-likeness (QED) is 0.712. The first kappa shape index (κ1) is 13.4. The van der Waals surface area contributed by atoms with E-state index in [0.717, 1.165) is 19.4 Å². The first-order chi connectivity index (χ1) is 9.24. The minimum Gasteiger partial charge on any atom is -0.396 e. The second-order valence-electron chi connectivity index (χ2n) is 6.82. The van der Waals surface area contributed by atoms with Crippen LogP contribution in [0.3, 0.4) is 0 Å². The number of rotatable bonds is 4. The molecule has 0 aromatic heterocycles. The molecule has 1 aliphatic heterocycles. The molecule has 2 saturated carbocycles. The third-order valence-electron chi connectivity index (χ3n) is 5.67. The standard InChI is InChI=1S/C15H26N2O2/c18-10-15(6-1-2-7-15)9-17-14(19)13-12-5-3-4-11(12)8-16-13/h11-13,16,18H,1-10H2,(H,17,19). The average Bonchev–Trinajstić information content (AvgIpc) is 3.12. The highest BCUT2D eigenvalue weighted by atomic mass is 16.3. The summed E-state index contributed by atoms with van der Waals surface area (Å²) < 4.78 is 0. The van der Waals surface area contributed by atoms with Gasteiger partial charge in [-0.25, -0.2) is 0 Å². The Kier molecular flexibility index (Phi) is 3.81. The number of nitrogens with one attached hydrogen (secondary N) is 2. The number of carbonyl (C=O) groups excluding carboxylic acids is 1. The van der Waals surface area contributed by atoms with E-state index in [0.29, 0.717) is 18.4 Å². The van der Waals surface area contributed by atoms with Gasteiger partial charge in [-0.3, -0.25) is 4.79 Å². The molecule has 0 spiro atoms. The molecule has 4 heteroatoms. The molecule has 4 nitrogen and oxygen atoms in total. The van der Waals surface area contributed by atoms with Gasteiger partial charge in [0.1, 0.15) is 0 Å². The summed E-state index contributed by atoms with van der Waals surface area (Å²) >= 11 is 0. The van der Waals surface area contributed by atoms with Gasteiger partial charge in [-0.1, -0.05) is 19.3 Å². The van der Waals surface area contributed by atoms with Crippen molar-refractivity contribution in [3.8, 4) is 0 Å². The summed E-state index contributed by atoms with van der Waals surface area (Å²) in [6, 6.07) is 0.0182. The van der Waals surface area contributed by atoms with E-state index in [-0.39, 0.29) is 24.0 Å². The molecule has 1 amide bonds. The van der Waals surface area contributed by atoms with Crippen LogP contribution in [0.5, 0.6) is 0 Å². The molecular weight excluding hydrogens is 240 g/mol. The van der Waals surface area contributed by atoms with E-state index < -0.39 is 0 Å². The van der Waals surface area contributed by atoms with Gasteiger partial charge in [-0.2, -0.15) is 0 Å². The number of hydrogen-bond donors (Lipinski definition) is 3. The van der Waals surface area contributed by atoms with Crippen LogP contribution in [0.25, 0.3) is 0 Å². The van der Waals surface area contributed by atoms with E-state index in [4.69, 9.17) is 0 Å². The van der Waals surface area contributed by atoms with Crippen LogP contribution in [-0.4, -0.2) is 36.8 Å². The summed E-state index contributed by atoms with van der Waals surface area (Å²) in [5.74, 6) is 1.43. The Balaban J connectivity index is 1.54. The van der Waals surface area contributed by atoms with E-state index >= 15 is 0 Å². The van der Waals surface area contributed by atoms with Crippen LogP contribution < -0.4 is 10.6 Å². The normalized spacial score (nSPS) is 36.4. The minimum atomic E-state index is -0.0384. The van der Waals surface area contributed by atoms with Crippen LogP contribution in [0.15, 0.2) is 0 Å². The SMILES string of the molecule is O=C(NCC1(CO)CCCC1)C1NCC2CCCC21. The number of carbonyl (C=O) groups is 1. The Morgan fingerprint density at radius 1 is 1.26 bits per heavy atom. The average molecular weight is 266 g/mol. The van der Waals surface area contributed by atoms with Crippen LogP contribution in [0, 0.1) is 17.3 Å². The van der Waals surface area contributed by atoms with Crippen molar-refractivity contribution in [2.75, 3.05) is 19.7 Å². The molecule has 3 fully saturated rings. The molecule has 1 heterocycles.